The smallest absolute Gasteiger partial charge is 0.0319 e. The van der Waals surface area contributed by atoms with Crippen LogP contribution in [0, 0.1) is 0 Å². The van der Waals surface area contributed by atoms with Crippen LogP contribution in [-0.4, -0.2) is 5.33 Å². The lowest BCUT2D eigenvalue weighted by molar-refractivity contribution is 1.27. The molecule has 1 aromatic rings. The lowest BCUT2D eigenvalue weighted by Gasteiger charge is -1.94. The highest BCUT2D eigenvalue weighted by Gasteiger charge is 1.86. The third-order valence-corrected chi connectivity index (χ3v) is 1.95. The Balaban J connectivity index is 2.63. The van der Waals surface area contributed by atoms with Crippen LogP contribution in [0.2, 0.25) is 0 Å². The molecule has 2 N–H and O–H groups in total. The fraction of sp³-hybridized carbons (Fsp3) is 0.200. The van der Waals surface area contributed by atoms with E-state index in [-0.39, 0.29) is 0 Å². The second-order valence-electron chi connectivity index (χ2n) is 2.55. The van der Waals surface area contributed by atoms with Crippen molar-refractivity contribution in [3.63, 3.8) is 0 Å². The zero-order chi connectivity index (χ0) is 8.81. The van der Waals surface area contributed by atoms with Gasteiger partial charge in [-0.2, -0.15) is 0 Å². The number of hydrogen-bond acceptors (Lipinski definition) is 1. The number of allylic oxidation sites excluding steroid dienone is 1. The first-order valence-corrected chi connectivity index (χ1v) is 5.03. The van der Waals surface area contributed by atoms with Crippen molar-refractivity contribution in [1.82, 2.24) is 0 Å². The first-order valence-electron chi connectivity index (χ1n) is 3.91. The zero-order valence-corrected chi connectivity index (χ0v) is 8.42. The molecule has 0 saturated heterocycles. The summed E-state index contributed by atoms with van der Waals surface area (Å²) in [4.78, 5) is 0. The molecule has 0 spiro atoms. The van der Waals surface area contributed by atoms with Gasteiger partial charge >= 0.3 is 0 Å². The SMILES string of the molecule is Nc1cccc(C=CCCBr)c1. The number of benzene rings is 1. The number of halogens is 1. The summed E-state index contributed by atoms with van der Waals surface area (Å²) in [5.41, 5.74) is 7.60. The van der Waals surface area contributed by atoms with Crippen LogP contribution < -0.4 is 5.73 Å². The van der Waals surface area contributed by atoms with Gasteiger partial charge in [-0.1, -0.05) is 40.2 Å². The highest BCUT2D eigenvalue weighted by Crippen LogP contribution is 2.08. The molecule has 0 aliphatic heterocycles. The maximum absolute atomic E-state index is 5.62. The minimum atomic E-state index is 0.816. The molecular formula is C10H12BrN. The second kappa shape index (κ2) is 4.99. The summed E-state index contributed by atoms with van der Waals surface area (Å²) in [6.07, 6.45) is 5.26. The van der Waals surface area contributed by atoms with Gasteiger partial charge in [0, 0.05) is 11.0 Å². The Kier molecular flexibility index (Phi) is 3.88. The normalized spacial score (nSPS) is 10.8. The summed E-state index contributed by atoms with van der Waals surface area (Å²) < 4.78 is 0. The molecule has 12 heavy (non-hydrogen) atoms. The molecule has 0 fully saturated rings. The topological polar surface area (TPSA) is 26.0 Å². The van der Waals surface area contributed by atoms with Gasteiger partial charge in [0.25, 0.3) is 0 Å². The quantitative estimate of drug-likeness (QED) is 0.622. The number of alkyl halides is 1. The molecule has 0 unspecified atom stereocenters. The maximum atomic E-state index is 5.62. The van der Waals surface area contributed by atoms with Crippen LogP contribution in [0.3, 0.4) is 0 Å². The van der Waals surface area contributed by atoms with E-state index in [1.807, 2.05) is 24.3 Å². The van der Waals surface area contributed by atoms with Gasteiger partial charge in [-0.15, -0.1) is 0 Å². The van der Waals surface area contributed by atoms with Gasteiger partial charge in [0.15, 0.2) is 0 Å². The molecule has 0 saturated carbocycles. The summed E-state index contributed by atoms with van der Waals surface area (Å²) in [5.74, 6) is 0. The van der Waals surface area contributed by atoms with Gasteiger partial charge in [0.05, 0.1) is 0 Å². The minimum Gasteiger partial charge on any atom is -0.399 e. The molecule has 1 aromatic carbocycles. The van der Waals surface area contributed by atoms with E-state index in [9.17, 15) is 0 Å². The summed E-state index contributed by atoms with van der Waals surface area (Å²) >= 11 is 3.36. The van der Waals surface area contributed by atoms with E-state index in [2.05, 4.69) is 28.1 Å². The van der Waals surface area contributed by atoms with Crippen LogP contribution in [0.5, 0.6) is 0 Å². The molecule has 64 valence electrons. The predicted octanol–water partition coefficient (Wildman–Crippen LogP) is 3.07. The summed E-state index contributed by atoms with van der Waals surface area (Å²) in [7, 11) is 0. The van der Waals surface area contributed by atoms with Gasteiger partial charge < -0.3 is 5.73 Å². The van der Waals surface area contributed by atoms with E-state index in [0.717, 1.165) is 23.0 Å². The first kappa shape index (κ1) is 9.33. The lowest BCUT2D eigenvalue weighted by atomic mass is 10.2. The molecule has 0 aliphatic rings. The third kappa shape index (κ3) is 3.09. The largest absolute Gasteiger partial charge is 0.399 e. The van der Waals surface area contributed by atoms with Gasteiger partial charge in [-0.05, 0) is 24.1 Å². The maximum Gasteiger partial charge on any atom is 0.0319 e. The van der Waals surface area contributed by atoms with Crippen molar-refractivity contribution < 1.29 is 0 Å². The van der Waals surface area contributed by atoms with Crippen LogP contribution >= 0.6 is 15.9 Å². The Morgan fingerprint density at radius 3 is 2.92 bits per heavy atom. The Morgan fingerprint density at radius 2 is 2.25 bits per heavy atom. The fourth-order valence-corrected chi connectivity index (χ4v) is 1.21. The average molecular weight is 226 g/mol. The van der Waals surface area contributed by atoms with Gasteiger partial charge in [0.1, 0.15) is 0 Å². The van der Waals surface area contributed by atoms with E-state index in [1.165, 1.54) is 0 Å². The standard InChI is InChI=1S/C10H12BrN/c11-7-2-1-4-9-5-3-6-10(12)8-9/h1,3-6,8H,2,7,12H2. The highest BCUT2D eigenvalue weighted by atomic mass is 79.9. The van der Waals surface area contributed by atoms with E-state index < -0.39 is 0 Å². The molecule has 2 heteroatoms. The van der Waals surface area contributed by atoms with Crippen molar-refractivity contribution in [2.45, 2.75) is 6.42 Å². The highest BCUT2D eigenvalue weighted by molar-refractivity contribution is 9.09. The van der Waals surface area contributed by atoms with Gasteiger partial charge in [-0.3, -0.25) is 0 Å². The first-order chi connectivity index (χ1) is 5.83. The fourth-order valence-electron chi connectivity index (χ4n) is 0.945. The van der Waals surface area contributed by atoms with Crippen LogP contribution in [-0.2, 0) is 0 Å². The van der Waals surface area contributed by atoms with Crippen molar-refractivity contribution in [3.05, 3.63) is 35.9 Å². The number of nitrogens with two attached hydrogens (primary N) is 1. The zero-order valence-electron chi connectivity index (χ0n) is 6.83. The van der Waals surface area contributed by atoms with Crippen molar-refractivity contribution in [2.24, 2.45) is 0 Å². The molecule has 1 nitrogen and oxygen atoms in total. The summed E-state index contributed by atoms with van der Waals surface area (Å²) in [5, 5.41) is 1.01. The lowest BCUT2D eigenvalue weighted by Crippen LogP contribution is -1.83. The molecule has 0 radical (unpaired) electrons. The van der Waals surface area contributed by atoms with E-state index in [1.54, 1.807) is 0 Å². The van der Waals surface area contributed by atoms with Crippen molar-refractivity contribution in [3.8, 4) is 0 Å². The molecular weight excluding hydrogens is 214 g/mol. The summed E-state index contributed by atoms with van der Waals surface area (Å²) in [6, 6.07) is 7.86. The number of rotatable bonds is 3. The molecule has 0 amide bonds. The third-order valence-electron chi connectivity index (χ3n) is 1.50. The van der Waals surface area contributed by atoms with Crippen LogP contribution in [0.25, 0.3) is 6.08 Å². The van der Waals surface area contributed by atoms with Gasteiger partial charge in [-0.25, -0.2) is 0 Å². The van der Waals surface area contributed by atoms with E-state index in [4.69, 9.17) is 5.73 Å². The molecule has 0 atom stereocenters. The van der Waals surface area contributed by atoms with Crippen molar-refractivity contribution in [2.75, 3.05) is 11.1 Å². The predicted molar refractivity (Wildman–Crippen MR) is 58.3 cm³/mol. The Bertz CT molecular complexity index is 268. The number of nitrogen functional groups attached to an aromatic ring is 1. The Labute approximate surface area is 81.4 Å². The van der Waals surface area contributed by atoms with E-state index in [0.29, 0.717) is 0 Å². The molecule has 1 rings (SSSR count). The second-order valence-corrected chi connectivity index (χ2v) is 3.34. The monoisotopic (exact) mass is 225 g/mol. The van der Waals surface area contributed by atoms with Gasteiger partial charge in [0.2, 0.25) is 0 Å². The summed E-state index contributed by atoms with van der Waals surface area (Å²) in [6.45, 7) is 0. The molecule has 0 aliphatic carbocycles. The van der Waals surface area contributed by atoms with E-state index >= 15 is 0 Å². The Morgan fingerprint density at radius 1 is 1.42 bits per heavy atom. The van der Waals surface area contributed by atoms with Crippen molar-refractivity contribution in [1.29, 1.82) is 0 Å². The van der Waals surface area contributed by atoms with Crippen LogP contribution in [0.1, 0.15) is 12.0 Å². The molecule has 0 bridgehead atoms. The molecule has 0 aromatic heterocycles. The minimum absolute atomic E-state index is 0.816. The molecule has 0 heterocycles. The van der Waals surface area contributed by atoms with Crippen molar-refractivity contribution >= 4 is 27.7 Å². The Hall–Kier alpha value is -0.760. The number of anilines is 1. The van der Waals surface area contributed by atoms with Crippen LogP contribution in [0.4, 0.5) is 5.69 Å². The number of hydrogen-bond donors (Lipinski definition) is 1. The average Bonchev–Trinajstić information content (AvgIpc) is 2.05. The van der Waals surface area contributed by atoms with Crippen LogP contribution in [0.15, 0.2) is 30.3 Å².